The molecule has 0 fully saturated rings. The van der Waals surface area contributed by atoms with Crippen LogP contribution >= 0.6 is 11.3 Å². The Kier molecular flexibility index (Phi) is 11.6. The predicted molar refractivity (Wildman–Crippen MR) is 163 cm³/mol. The molecule has 4 aromatic rings. The molecule has 3 N–H and O–H groups in total. The van der Waals surface area contributed by atoms with Crippen LogP contribution in [-0.2, 0) is 46.5 Å². The van der Waals surface area contributed by atoms with Gasteiger partial charge in [0.25, 0.3) is 0 Å². The molecule has 11 heteroatoms. The summed E-state index contributed by atoms with van der Waals surface area (Å²) in [7, 11) is 0. The lowest BCUT2D eigenvalue weighted by Crippen LogP contribution is -2.25. The Hall–Kier alpha value is -4.51. The summed E-state index contributed by atoms with van der Waals surface area (Å²) in [6.45, 7) is 2.67. The van der Waals surface area contributed by atoms with Gasteiger partial charge in [0.1, 0.15) is 5.01 Å². The maximum absolute atomic E-state index is 12.6. The summed E-state index contributed by atoms with van der Waals surface area (Å²) >= 11 is 1.37. The molecule has 0 aliphatic rings. The van der Waals surface area contributed by atoms with Crippen molar-refractivity contribution in [3.8, 4) is 0 Å². The van der Waals surface area contributed by atoms with E-state index in [1.165, 1.54) is 11.3 Å². The van der Waals surface area contributed by atoms with Crippen LogP contribution in [0.5, 0.6) is 0 Å². The number of benzene rings is 2. The third kappa shape index (κ3) is 10.5. The highest BCUT2D eigenvalue weighted by Crippen LogP contribution is 2.18. The van der Waals surface area contributed by atoms with E-state index in [1.54, 1.807) is 6.07 Å². The van der Waals surface area contributed by atoms with Crippen LogP contribution in [0.15, 0.2) is 66.7 Å². The standard InChI is InChI=1S/C31H35N7O3S/c1-2-17-32-27(39)20-23-11-8-12-24(18-23)21-29(41)34-31-38-37-30(42-31)14-7-6-13-25-15-16-26(36-35-25)33-28(40)19-22-9-4-3-5-10-22/h3-5,8-12,15-16,18H,2,6-7,13-14,17,19-21H2,1H3,(H,32,39)(H,33,36,40)(H,34,38,41). The van der Waals surface area contributed by atoms with Gasteiger partial charge < -0.3 is 16.0 Å². The monoisotopic (exact) mass is 585 g/mol. The second kappa shape index (κ2) is 16.1. The maximum atomic E-state index is 12.6. The van der Waals surface area contributed by atoms with Crippen LogP contribution in [0.3, 0.4) is 0 Å². The fourth-order valence-electron chi connectivity index (χ4n) is 4.23. The Morgan fingerprint density at radius 3 is 2.12 bits per heavy atom. The highest BCUT2D eigenvalue weighted by molar-refractivity contribution is 7.15. The molecule has 10 nitrogen and oxygen atoms in total. The molecule has 0 radical (unpaired) electrons. The van der Waals surface area contributed by atoms with Crippen molar-refractivity contribution in [3.63, 3.8) is 0 Å². The molecule has 42 heavy (non-hydrogen) atoms. The lowest BCUT2D eigenvalue weighted by Gasteiger charge is -2.06. The number of aromatic nitrogens is 4. The van der Waals surface area contributed by atoms with Crippen LogP contribution in [0.1, 0.15) is 53.6 Å². The number of nitrogens with one attached hydrogen (secondary N) is 3. The maximum Gasteiger partial charge on any atom is 0.230 e. The van der Waals surface area contributed by atoms with E-state index in [0.717, 1.165) is 59.5 Å². The third-order valence-corrected chi connectivity index (χ3v) is 7.17. The number of carbonyl (C=O) groups is 3. The van der Waals surface area contributed by atoms with E-state index in [2.05, 4.69) is 36.3 Å². The van der Waals surface area contributed by atoms with E-state index in [-0.39, 0.29) is 30.6 Å². The van der Waals surface area contributed by atoms with Gasteiger partial charge in [-0.1, -0.05) is 72.9 Å². The zero-order valence-corrected chi connectivity index (χ0v) is 24.5. The van der Waals surface area contributed by atoms with Gasteiger partial charge in [-0.15, -0.1) is 15.3 Å². The molecule has 218 valence electrons. The molecule has 2 aromatic carbocycles. The SMILES string of the molecule is CCCNC(=O)Cc1cccc(CC(=O)Nc2nnc(CCCCc3ccc(NC(=O)Cc4ccccc4)nn3)s2)c1. The van der Waals surface area contributed by atoms with Crippen LogP contribution in [0.25, 0.3) is 0 Å². The Balaban J connectivity index is 1.14. The van der Waals surface area contributed by atoms with E-state index in [0.29, 0.717) is 23.9 Å². The summed E-state index contributed by atoms with van der Waals surface area (Å²) in [5.74, 6) is 0.105. The van der Waals surface area contributed by atoms with Crippen molar-refractivity contribution in [2.45, 2.75) is 58.3 Å². The molecule has 0 aliphatic carbocycles. The van der Waals surface area contributed by atoms with E-state index in [1.807, 2.05) is 67.6 Å². The molecule has 0 saturated carbocycles. The van der Waals surface area contributed by atoms with Gasteiger partial charge in [-0.3, -0.25) is 14.4 Å². The number of rotatable bonds is 15. The average molecular weight is 586 g/mol. The smallest absolute Gasteiger partial charge is 0.230 e. The Bertz CT molecular complexity index is 1460. The van der Waals surface area contributed by atoms with Crippen molar-refractivity contribution in [2.75, 3.05) is 17.2 Å². The molecule has 0 spiro atoms. The Morgan fingerprint density at radius 1 is 0.690 bits per heavy atom. The molecule has 0 unspecified atom stereocenters. The van der Waals surface area contributed by atoms with Crippen LogP contribution < -0.4 is 16.0 Å². The first-order chi connectivity index (χ1) is 20.5. The molecule has 2 heterocycles. The molecule has 0 saturated heterocycles. The van der Waals surface area contributed by atoms with Crippen molar-refractivity contribution in [2.24, 2.45) is 0 Å². The highest BCUT2D eigenvalue weighted by atomic mass is 32.1. The van der Waals surface area contributed by atoms with Crippen molar-refractivity contribution >= 4 is 40.0 Å². The molecule has 0 atom stereocenters. The summed E-state index contributed by atoms with van der Waals surface area (Å²) in [5.41, 5.74) is 3.51. The zero-order chi connectivity index (χ0) is 29.6. The number of anilines is 2. The lowest BCUT2D eigenvalue weighted by molar-refractivity contribution is -0.120. The number of hydrogen-bond acceptors (Lipinski definition) is 8. The van der Waals surface area contributed by atoms with Crippen molar-refractivity contribution in [3.05, 3.63) is 94.1 Å². The topological polar surface area (TPSA) is 139 Å². The highest BCUT2D eigenvalue weighted by Gasteiger charge is 2.11. The van der Waals surface area contributed by atoms with Gasteiger partial charge in [0.15, 0.2) is 5.82 Å². The number of carbonyl (C=O) groups excluding carboxylic acids is 3. The van der Waals surface area contributed by atoms with Crippen LogP contribution in [0.2, 0.25) is 0 Å². The van der Waals surface area contributed by atoms with Gasteiger partial charge >= 0.3 is 0 Å². The van der Waals surface area contributed by atoms with Crippen LogP contribution in [0.4, 0.5) is 10.9 Å². The van der Waals surface area contributed by atoms with Gasteiger partial charge in [-0.25, -0.2) is 0 Å². The quantitative estimate of drug-likeness (QED) is 0.177. The first-order valence-electron chi connectivity index (χ1n) is 14.1. The fraction of sp³-hybridized carbons (Fsp3) is 0.323. The van der Waals surface area contributed by atoms with Gasteiger partial charge in [0.05, 0.1) is 25.0 Å². The molecule has 3 amide bonds. The summed E-state index contributed by atoms with van der Waals surface area (Å²) in [6, 6.07) is 20.7. The van der Waals surface area contributed by atoms with Crippen molar-refractivity contribution < 1.29 is 14.4 Å². The number of hydrogen-bond donors (Lipinski definition) is 3. The summed E-state index contributed by atoms with van der Waals surface area (Å²) in [5, 5.41) is 26.5. The molecule has 0 bridgehead atoms. The molecular weight excluding hydrogens is 550 g/mol. The Morgan fingerprint density at radius 2 is 1.38 bits per heavy atom. The van der Waals surface area contributed by atoms with Gasteiger partial charge in [-0.2, -0.15) is 5.10 Å². The Labute approximate surface area is 249 Å². The summed E-state index contributed by atoms with van der Waals surface area (Å²) in [6.07, 6.45) is 4.94. The number of unbranched alkanes of at least 4 members (excludes halogenated alkanes) is 1. The predicted octanol–water partition coefficient (Wildman–Crippen LogP) is 4.32. The fourth-order valence-corrected chi connectivity index (χ4v) is 5.02. The third-order valence-electron chi connectivity index (χ3n) is 6.27. The minimum absolute atomic E-state index is 0.0224. The molecular formula is C31H35N7O3S. The van der Waals surface area contributed by atoms with Crippen LogP contribution in [-0.4, -0.2) is 44.7 Å². The van der Waals surface area contributed by atoms with Crippen molar-refractivity contribution in [1.29, 1.82) is 0 Å². The van der Waals surface area contributed by atoms with Gasteiger partial charge in [-0.05, 0) is 54.5 Å². The molecule has 4 rings (SSSR count). The number of aryl methyl sites for hydroxylation is 2. The summed E-state index contributed by atoms with van der Waals surface area (Å²) < 4.78 is 0. The normalized spacial score (nSPS) is 10.7. The lowest BCUT2D eigenvalue weighted by atomic mass is 10.1. The average Bonchev–Trinajstić information content (AvgIpc) is 3.42. The van der Waals surface area contributed by atoms with Gasteiger partial charge in [0, 0.05) is 13.0 Å². The second-order valence-corrected chi connectivity index (χ2v) is 11.0. The number of nitrogens with zero attached hydrogens (tertiary/aromatic N) is 4. The van der Waals surface area contributed by atoms with Crippen LogP contribution in [0, 0.1) is 0 Å². The molecule has 0 aliphatic heterocycles. The largest absolute Gasteiger partial charge is 0.356 e. The minimum Gasteiger partial charge on any atom is -0.356 e. The minimum atomic E-state index is -0.177. The van der Waals surface area contributed by atoms with E-state index in [4.69, 9.17) is 0 Å². The van der Waals surface area contributed by atoms with E-state index >= 15 is 0 Å². The van der Waals surface area contributed by atoms with E-state index in [9.17, 15) is 14.4 Å². The number of amides is 3. The van der Waals surface area contributed by atoms with E-state index < -0.39 is 0 Å². The van der Waals surface area contributed by atoms with Crippen molar-refractivity contribution in [1.82, 2.24) is 25.7 Å². The zero-order valence-electron chi connectivity index (χ0n) is 23.6. The second-order valence-electron chi connectivity index (χ2n) is 9.90. The molecule has 2 aromatic heterocycles. The van der Waals surface area contributed by atoms with Gasteiger partial charge in [0.2, 0.25) is 22.9 Å². The summed E-state index contributed by atoms with van der Waals surface area (Å²) in [4.78, 5) is 36.7. The first kappa shape index (κ1) is 30.4. The first-order valence-corrected chi connectivity index (χ1v) is 14.9.